The summed E-state index contributed by atoms with van der Waals surface area (Å²) in [6, 6.07) is 2.09. The molecule has 0 aromatic heterocycles. The van der Waals surface area contributed by atoms with Gasteiger partial charge in [0.15, 0.2) is 0 Å². The number of carbonyl (C=O) groups excluding carboxylic acids is 1. The Hall–Kier alpha value is -1.30. The largest absolute Gasteiger partial charge is 0.466 e. The van der Waals surface area contributed by atoms with E-state index in [4.69, 9.17) is 10.00 Å². The molecule has 0 fully saturated rings. The zero-order chi connectivity index (χ0) is 10.4. The maximum Gasteiger partial charge on any atom is 0.314 e. The molecule has 1 atom stereocenters. The molecular weight excluding hydrogens is 178 g/mol. The molecular formula is C11H15NO2. The molecule has 0 aliphatic heterocycles. The third-order valence-corrected chi connectivity index (χ3v) is 2.39. The zero-order valence-electron chi connectivity index (χ0n) is 8.45. The number of esters is 1. The summed E-state index contributed by atoms with van der Waals surface area (Å²) in [4.78, 5) is 11.5. The van der Waals surface area contributed by atoms with Crippen LogP contribution >= 0.6 is 0 Å². The van der Waals surface area contributed by atoms with Gasteiger partial charge in [-0.25, -0.2) is 0 Å². The average Bonchev–Trinajstić information content (AvgIpc) is 2.42. The molecule has 0 heterocycles. The predicted octanol–water partition coefficient (Wildman–Crippen LogP) is 2.19. The highest BCUT2D eigenvalue weighted by atomic mass is 16.5. The van der Waals surface area contributed by atoms with Gasteiger partial charge in [0, 0.05) is 5.57 Å². The molecule has 3 nitrogen and oxygen atoms in total. The Morgan fingerprint density at radius 2 is 2.50 bits per heavy atom. The molecule has 0 saturated carbocycles. The first-order valence-electron chi connectivity index (χ1n) is 5.06. The summed E-state index contributed by atoms with van der Waals surface area (Å²) in [5, 5.41) is 8.88. The maximum absolute atomic E-state index is 11.5. The summed E-state index contributed by atoms with van der Waals surface area (Å²) in [7, 11) is 0. The first-order chi connectivity index (χ1) is 6.79. The van der Waals surface area contributed by atoms with Gasteiger partial charge in [0.1, 0.15) is 0 Å². The Bertz CT molecular complexity index is 276. The number of hydrogen-bond donors (Lipinski definition) is 0. The molecule has 76 valence electrons. The van der Waals surface area contributed by atoms with Gasteiger partial charge in [0.2, 0.25) is 0 Å². The molecule has 0 bridgehead atoms. The molecule has 0 saturated heterocycles. The monoisotopic (exact) mass is 193 g/mol. The summed E-state index contributed by atoms with van der Waals surface area (Å²) in [6.45, 7) is 2.17. The molecule has 1 aliphatic carbocycles. The second-order valence-electron chi connectivity index (χ2n) is 3.36. The van der Waals surface area contributed by atoms with E-state index in [0.29, 0.717) is 12.2 Å². The molecule has 0 amide bonds. The molecule has 1 unspecified atom stereocenters. The number of ether oxygens (including phenoxy) is 1. The van der Waals surface area contributed by atoms with Crippen LogP contribution in [0.2, 0.25) is 0 Å². The number of nitrogens with zero attached hydrogens (tertiary/aromatic N) is 1. The van der Waals surface area contributed by atoms with Crippen molar-refractivity contribution in [2.24, 2.45) is 5.92 Å². The average molecular weight is 193 g/mol. The fourth-order valence-electron chi connectivity index (χ4n) is 1.66. The normalized spacial score (nSPS) is 21.7. The molecule has 0 aromatic rings. The van der Waals surface area contributed by atoms with Crippen LogP contribution in [0.3, 0.4) is 0 Å². The van der Waals surface area contributed by atoms with Crippen LogP contribution in [0.1, 0.15) is 32.6 Å². The summed E-state index contributed by atoms with van der Waals surface area (Å²) in [5.74, 6) is -0.565. The van der Waals surface area contributed by atoms with E-state index in [1.807, 2.05) is 6.08 Å². The molecule has 3 heteroatoms. The molecule has 1 rings (SSSR count). The Morgan fingerprint density at radius 1 is 1.71 bits per heavy atom. The standard InChI is InChI=1S/C11H15NO2/c1-2-14-11(13)10-7-5-3-4-6-9(10)8-12/h6,10H,2-5,7H2,1H3. The van der Waals surface area contributed by atoms with Crippen molar-refractivity contribution in [3.8, 4) is 6.07 Å². The van der Waals surface area contributed by atoms with Crippen molar-refractivity contribution < 1.29 is 9.53 Å². The smallest absolute Gasteiger partial charge is 0.314 e. The highest BCUT2D eigenvalue weighted by Gasteiger charge is 2.25. The molecule has 0 N–H and O–H groups in total. The third kappa shape index (κ3) is 2.59. The predicted molar refractivity (Wildman–Crippen MR) is 52.3 cm³/mol. The van der Waals surface area contributed by atoms with E-state index < -0.39 is 0 Å². The van der Waals surface area contributed by atoms with Gasteiger partial charge in [-0.2, -0.15) is 5.26 Å². The van der Waals surface area contributed by atoms with Crippen molar-refractivity contribution in [1.82, 2.24) is 0 Å². The third-order valence-electron chi connectivity index (χ3n) is 2.39. The summed E-state index contributed by atoms with van der Waals surface area (Å²) in [5.41, 5.74) is 0.584. The van der Waals surface area contributed by atoms with Crippen LogP contribution in [-0.2, 0) is 9.53 Å². The van der Waals surface area contributed by atoms with E-state index in [2.05, 4.69) is 6.07 Å². The Kier molecular flexibility index (Phi) is 4.18. The number of nitriles is 1. The van der Waals surface area contributed by atoms with E-state index in [1.165, 1.54) is 0 Å². The topological polar surface area (TPSA) is 50.1 Å². The Labute approximate surface area is 84.4 Å². The van der Waals surface area contributed by atoms with Gasteiger partial charge in [-0.1, -0.05) is 12.5 Å². The number of carbonyl (C=O) groups is 1. The lowest BCUT2D eigenvalue weighted by atomic mass is 9.96. The lowest BCUT2D eigenvalue weighted by Gasteiger charge is -2.12. The quantitative estimate of drug-likeness (QED) is 0.631. The Morgan fingerprint density at radius 3 is 3.14 bits per heavy atom. The van der Waals surface area contributed by atoms with Crippen molar-refractivity contribution in [1.29, 1.82) is 5.26 Å². The zero-order valence-corrected chi connectivity index (χ0v) is 8.45. The fourth-order valence-corrected chi connectivity index (χ4v) is 1.66. The van der Waals surface area contributed by atoms with Gasteiger partial charge in [-0.3, -0.25) is 4.79 Å². The van der Waals surface area contributed by atoms with Gasteiger partial charge in [-0.05, 0) is 26.2 Å². The number of hydrogen-bond acceptors (Lipinski definition) is 3. The van der Waals surface area contributed by atoms with Crippen molar-refractivity contribution in [2.45, 2.75) is 32.6 Å². The summed E-state index contributed by atoms with van der Waals surface area (Å²) in [6.07, 6.45) is 5.57. The van der Waals surface area contributed by atoms with E-state index >= 15 is 0 Å². The minimum Gasteiger partial charge on any atom is -0.466 e. The van der Waals surface area contributed by atoms with Gasteiger partial charge >= 0.3 is 5.97 Å². The molecule has 0 spiro atoms. The minimum atomic E-state index is -0.317. The van der Waals surface area contributed by atoms with Crippen molar-refractivity contribution >= 4 is 5.97 Å². The summed E-state index contributed by atoms with van der Waals surface area (Å²) >= 11 is 0. The second-order valence-corrected chi connectivity index (χ2v) is 3.36. The van der Waals surface area contributed by atoms with Crippen molar-refractivity contribution in [3.63, 3.8) is 0 Å². The van der Waals surface area contributed by atoms with Crippen molar-refractivity contribution in [3.05, 3.63) is 11.6 Å². The van der Waals surface area contributed by atoms with Crippen LogP contribution in [-0.4, -0.2) is 12.6 Å². The first-order valence-corrected chi connectivity index (χ1v) is 5.06. The van der Waals surface area contributed by atoms with Crippen LogP contribution in [0, 0.1) is 17.2 Å². The van der Waals surface area contributed by atoms with Crippen LogP contribution < -0.4 is 0 Å². The van der Waals surface area contributed by atoms with Crippen LogP contribution in [0.5, 0.6) is 0 Å². The number of rotatable bonds is 2. The molecule has 14 heavy (non-hydrogen) atoms. The van der Waals surface area contributed by atoms with Crippen LogP contribution in [0.15, 0.2) is 11.6 Å². The second kappa shape index (κ2) is 5.43. The van der Waals surface area contributed by atoms with Crippen LogP contribution in [0.25, 0.3) is 0 Å². The fraction of sp³-hybridized carbons (Fsp3) is 0.636. The first kappa shape index (κ1) is 10.8. The van der Waals surface area contributed by atoms with E-state index in [1.54, 1.807) is 6.92 Å². The highest BCUT2D eigenvalue weighted by molar-refractivity contribution is 5.77. The molecule has 1 aliphatic rings. The lowest BCUT2D eigenvalue weighted by Crippen LogP contribution is -2.18. The van der Waals surface area contributed by atoms with Crippen molar-refractivity contribution in [2.75, 3.05) is 6.61 Å². The van der Waals surface area contributed by atoms with E-state index in [0.717, 1.165) is 25.7 Å². The number of allylic oxidation sites excluding steroid dienone is 1. The Balaban J connectivity index is 2.73. The summed E-state index contributed by atoms with van der Waals surface area (Å²) < 4.78 is 4.94. The van der Waals surface area contributed by atoms with E-state index in [9.17, 15) is 4.79 Å². The highest BCUT2D eigenvalue weighted by Crippen LogP contribution is 2.24. The van der Waals surface area contributed by atoms with Gasteiger partial charge in [0.05, 0.1) is 18.6 Å². The van der Waals surface area contributed by atoms with Gasteiger partial charge in [0.25, 0.3) is 0 Å². The SMILES string of the molecule is CCOC(=O)C1CCCCC=C1C#N. The molecule has 0 aromatic carbocycles. The maximum atomic E-state index is 11.5. The van der Waals surface area contributed by atoms with Gasteiger partial charge in [-0.15, -0.1) is 0 Å². The molecule has 0 radical (unpaired) electrons. The lowest BCUT2D eigenvalue weighted by molar-refractivity contribution is -0.146. The van der Waals surface area contributed by atoms with Crippen LogP contribution in [0.4, 0.5) is 0 Å². The minimum absolute atomic E-state index is 0.248. The van der Waals surface area contributed by atoms with E-state index in [-0.39, 0.29) is 11.9 Å². The van der Waals surface area contributed by atoms with Gasteiger partial charge < -0.3 is 4.74 Å².